The van der Waals surface area contributed by atoms with Gasteiger partial charge in [-0.3, -0.25) is 0 Å². The number of halogens is 2. The van der Waals surface area contributed by atoms with E-state index in [1.807, 2.05) is 29.6 Å². The van der Waals surface area contributed by atoms with Gasteiger partial charge in [0.25, 0.3) is 0 Å². The Bertz CT molecular complexity index is 841. The fraction of sp³-hybridized carbons (Fsp3) is 0.167. The van der Waals surface area contributed by atoms with Crippen molar-refractivity contribution >= 4 is 39.7 Å². The molecule has 0 saturated carbocycles. The number of nitrogens with zero attached hydrogens (tertiary/aromatic N) is 1. The fourth-order valence-electron chi connectivity index (χ4n) is 2.30. The lowest BCUT2D eigenvalue weighted by Crippen LogP contribution is -2.05. The molecule has 0 bridgehead atoms. The molecule has 130 valence electrons. The van der Waals surface area contributed by atoms with Gasteiger partial charge < -0.3 is 14.8 Å². The number of thiazole rings is 1. The van der Waals surface area contributed by atoms with E-state index < -0.39 is 0 Å². The first kappa shape index (κ1) is 17.9. The van der Waals surface area contributed by atoms with Gasteiger partial charge in [0.15, 0.2) is 16.6 Å². The van der Waals surface area contributed by atoms with Gasteiger partial charge in [-0.05, 0) is 18.2 Å². The Kier molecular flexibility index (Phi) is 6.02. The molecule has 0 unspecified atom stereocenters. The summed E-state index contributed by atoms with van der Waals surface area (Å²) in [5.74, 6) is 1.35. The van der Waals surface area contributed by atoms with Gasteiger partial charge in [-0.2, -0.15) is 0 Å². The number of para-hydroxylation sites is 1. The van der Waals surface area contributed by atoms with E-state index in [2.05, 4.69) is 10.3 Å². The third kappa shape index (κ3) is 4.57. The SMILES string of the molecule is COc1cccc(CNc2nccs2)c1OCc1ccc(Cl)cc1Cl. The Labute approximate surface area is 160 Å². The van der Waals surface area contributed by atoms with Gasteiger partial charge in [-0.25, -0.2) is 4.98 Å². The van der Waals surface area contributed by atoms with Crippen molar-refractivity contribution in [1.82, 2.24) is 4.98 Å². The van der Waals surface area contributed by atoms with Crippen LogP contribution in [0.1, 0.15) is 11.1 Å². The summed E-state index contributed by atoms with van der Waals surface area (Å²) in [6, 6.07) is 11.1. The second kappa shape index (κ2) is 8.43. The Hall–Kier alpha value is -1.95. The summed E-state index contributed by atoms with van der Waals surface area (Å²) < 4.78 is 11.5. The molecule has 4 nitrogen and oxygen atoms in total. The van der Waals surface area contributed by atoms with Crippen LogP contribution >= 0.6 is 34.5 Å². The molecule has 0 radical (unpaired) electrons. The van der Waals surface area contributed by atoms with Crippen LogP contribution in [-0.2, 0) is 13.2 Å². The first-order chi connectivity index (χ1) is 12.2. The second-order valence-corrected chi connectivity index (χ2v) is 6.90. The number of hydrogen-bond donors (Lipinski definition) is 1. The maximum Gasteiger partial charge on any atom is 0.182 e. The molecule has 1 aromatic heterocycles. The molecule has 0 aliphatic heterocycles. The monoisotopic (exact) mass is 394 g/mol. The second-order valence-electron chi connectivity index (χ2n) is 5.16. The van der Waals surface area contributed by atoms with Gasteiger partial charge in [-0.1, -0.05) is 41.4 Å². The minimum absolute atomic E-state index is 0.320. The third-order valence-corrected chi connectivity index (χ3v) is 4.85. The summed E-state index contributed by atoms with van der Waals surface area (Å²) >= 11 is 13.7. The molecule has 1 heterocycles. The summed E-state index contributed by atoms with van der Waals surface area (Å²) in [5.41, 5.74) is 1.83. The predicted molar refractivity (Wildman–Crippen MR) is 103 cm³/mol. The molecule has 0 aliphatic carbocycles. The fourth-order valence-corrected chi connectivity index (χ4v) is 3.29. The van der Waals surface area contributed by atoms with Crippen molar-refractivity contribution in [3.05, 3.63) is 69.1 Å². The standard InChI is InChI=1S/C18H16Cl2N2O2S/c1-23-16-4-2-3-12(10-22-18-21-7-8-25-18)17(16)24-11-13-5-6-14(19)9-15(13)20/h2-9H,10-11H2,1H3,(H,21,22). The van der Waals surface area contributed by atoms with Crippen molar-refractivity contribution in [2.24, 2.45) is 0 Å². The zero-order valence-corrected chi connectivity index (χ0v) is 15.8. The number of ether oxygens (including phenoxy) is 2. The average Bonchev–Trinajstić information content (AvgIpc) is 3.13. The molecule has 3 rings (SSSR count). The molecule has 25 heavy (non-hydrogen) atoms. The van der Waals surface area contributed by atoms with E-state index in [9.17, 15) is 0 Å². The molecular formula is C18H16Cl2N2O2S. The minimum Gasteiger partial charge on any atom is -0.493 e. The van der Waals surface area contributed by atoms with Crippen molar-refractivity contribution in [3.63, 3.8) is 0 Å². The van der Waals surface area contributed by atoms with Crippen LogP contribution in [0.5, 0.6) is 11.5 Å². The predicted octanol–water partition coefficient (Wildman–Crippen LogP) is 5.65. The Morgan fingerprint density at radius 3 is 2.76 bits per heavy atom. The van der Waals surface area contributed by atoms with Crippen molar-refractivity contribution in [2.45, 2.75) is 13.2 Å². The number of hydrogen-bond acceptors (Lipinski definition) is 5. The number of benzene rings is 2. The molecule has 1 N–H and O–H groups in total. The Balaban J connectivity index is 1.78. The van der Waals surface area contributed by atoms with Crippen LogP contribution in [-0.4, -0.2) is 12.1 Å². The molecule has 7 heteroatoms. The van der Waals surface area contributed by atoms with E-state index in [1.165, 1.54) is 0 Å². The summed E-state index contributed by atoms with van der Waals surface area (Å²) in [6.07, 6.45) is 1.76. The normalized spacial score (nSPS) is 10.5. The summed E-state index contributed by atoms with van der Waals surface area (Å²) in [4.78, 5) is 4.22. The van der Waals surface area contributed by atoms with Gasteiger partial charge >= 0.3 is 0 Å². The van der Waals surface area contributed by atoms with E-state index in [0.717, 1.165) is 16.3 Å². The van der Waals surface area contributed by atoms with Crippen LogP contribution in [0.25, 0.3) is 0 Å². The molecule has 0 saturated heterocycles. The first-order valence-corrected chi connectivity index (χ1v) is 9.17. The number of methoxy groups -OCH3 is 1. The molecule has 2 aromatic carbocycles. The molecular weight excluding hydrogens is 379 g/mol. The Morgan fingerprint density at radius 1 is 1.16 bits per heavy atom. The molecule has 0 fully saturated rings. The number of anilines is 1. The van der Waals surface area contributed by atoms with Crippen LogP contribution in [0, 0.1) is 0 Å². The van der Waals surface area contributed by atoms with E-state index in [4.69, 9.17) is 32.7 Å². The van der Waals surface area contributed by atoms with Crippen LogP contribution < -0.4 is 14.8 Å². The van der Waals surface area contributed by atoms with E-state index in [-0.39, 0.29) is 0 Å². The highest BCUT2D eigenvalue weighted by Crippen LogP contribution is 2.33. The van der Waals surface area contributed by atoms with Crippen molar-refractivity contribution < 1.29 is 9.47 Å². The highest BCUT2D eigenvalue weighted by Gasteiger charge is 2.12. The van der Waals surface area contributed by atoms with Crippen molar-refractivity contribution in [3.8, 4) is 11.5 Å². The molecule has 0 amide bonds. The van der Waals surface area contributed by atoms with E-state index in [1.54, 1.807) is 36.8 Å². The number of aromatic nitrogens is 1. The van der Waals surface area contributed by atoms with Crippen molar-refractivity contribution in [1.29, 1.82) is 0 Å². The maximum absolute atomic E-state index is 6.22. The maximum atomic E-state index is 6.22. The largest absolute Gasteiger partial charge is 0.493 e. The van der Waals surface area contributed by atoms with Crippen LogP contribution in [0.2, 0.25) is 10.0 Å². The molecule has 0 atom stereocenters. The average molecular weight is 395 g/mol. The zero-order chi connectivity index (χ0) is 17.6. The lowest BCUT2D eigenvalue weighted by Gasteiger charge is -2.16. The van der Waals surface area contributed by atoms with E-state index >= 15 is 0 Å². The zero-order valence-electron chi connectivity index (χ0n) is 13.5. The molecule has 0 aliphatic rings. The topological polar surface area (TPSA) is 43.4 Å². The third-order valence-electron chi connectivity index (χ3n) is 3.53. The summed E-state index contributed by atoms with van der Waals surface area (Å²) in [5, 5.41) is 7.23. The highest BCUT2D eigenvalue weighted by atomic mass is 35.5. The quantitative estimate of drug-likeness (QED) is 0.562. The Morgan fingerprint density at radius 2 is 2.04 bits per heavy atom. The lowest BCUT2D eigenvalue weighted by atomic mass is 10.1. The van der Waals surface area contributed by atoms with E-state index in [0.29, 0.717) is 34.7 Å². The number of rotatable bonds is 7. The van der Waals surface area contributed by atoms with Gasteiger partial charge in [0, 0.05) is 39.3 Å². The summed E-state index contributed by atoms with van der Waals surface area (Å²) in [6.45, 7) is 0.898. The van der Waals surface area contributed by atoms with Crippen LogP contribution in [0.3, 0.4) is 0 Å². The van der Waals surface area contributed by atoms with Gasteiger partial charge in [0.05, 0.1) is 7.11 Å². The lowest BCUT2D eigenvalue weighted by molar-refractivity contribution is 0.282. The number of nitrogens with one attached hydrogen (secondary N) is 1. The smallest absolute Gasteiger partial charge is 0.182 e. The van der Waals surface area contributed by atoms with Crippen LogP contribution in [0.4, 0.5) is 5.13 Å². The minimum atomic E-state index is 0.320. The molecule has 0 spiro atoms. The van der Waals surface area contributed by atoms with Crippen LogP contribution in [0.15, 0.2) is 48.0 Å². The van der Waals surface area contributed by atoms with Gasteiger partial charge in [0.1, 0.15) is 6.61 Å². The van der Waals surface area contributed by atoms with Crippen molar-refractivity contribution in [2.75, 3.05) is 12.4 Å². The summed E-state index contributed by atoms with van der Waals surface area (Å²) in [7, 11) is 1.62. The van der Waals surface area contributed by atoms with Gasteiger partial charge in [-0.15, -0.1) is 11.3 Å². The van der Waals surface area contributed by atoms with Gasteiger partial charge in [0.2, 0.25) is 0 Å². The molecule has 3 aromatic rings. The highest BCUT2D eigenvalue weighted by molar-refractivity contribution is 7.13. The first-order valence-electron chi connectivity index (χ1n) is 7.53.